The number of carbonyl (C=O) groups excluding carboxylic acids is 1. The van der Waals surface area contributed by atoms with Gasteiger partial charge in [-0.2, -0.15) is 13.2 Å². The molecule has 0 N–H and O–H groups in total. The van der Waals surface area contributed by atoms with Gasteiger partial charge in [0.1, 0.15) is 0 Å². The van der Waals surface area contributed by atoms with Crippen molar-refractivity contribution in [1.29, 1.82) is 0 Å². The standard InChI is InChI=1S/C18H18F3NO2S/c1-22(11-12-5-2-3-6-13(12)18(19,20)21)17(23)16-9-8-15(25-16)14-7-4-10-24-14/h2-3,5-6,8-9,14H,4,7,10-11H2,1H3/t14-/m0/s1. The van der Waals surface area contributed by atoms with Gasteiger partial charge in [0.15, 0.2) is 0 Å². The number of hydrogen-bond acceptors (Lipinski definition) is 3. The summed E-state index contributed by atoms with van der Waals surface area (Å²) in [6.07, 6.45) is -2.47. The van der Waals surface area contributed by atoms with Crippen LogP contribution in [0.3, 0.4) is 0 Å². The monoisotopic (exact) mass is 369 g/mol. The highest BCUT2D eigenvalue weighted by molar-refractivity contribution is 7.14. The highest BCUT2D eigenvalue weighted by Crippen LogP contribution is 2.34. The minimum absolute atomic E-state index is 0.0304. The molecule has 1 aliphatic rings. The molecule has 0 unspecified atom stereocenters. The first-order valence-corrected chi connectivity index (χ1v) is 8.80. The molecule has 0 radical (unpaired) electrons. The average Bonchev–Trinajstić information content (AvgIpc) is 3.24. The van der Waals surface area contributed by atoms with Gasteiger partial charge in [0.2, 0.25) is 0 Å². The number of thiophene rings is 1. The quantitative estimate of drug-likeness (QED) is 0.768. The number of halogens is 3. The molecule has 1 aromatic carbocycles. The molecule has 2 aromatic rings. The molecule has 0 aliphatic carbocycles. The smallest absolute Gasteiger partial charge is 0.373 e. The van der Waals surface area contributed by atoms with Crippen molar-refractivity contribution in [3.63, 3.8) is 0 Å². The minimum Gasteiger partial charge on any atom is -0.373 e. The van der Waals surface area contributed by atoms with Crippen LogP contribution in [-0.2, 0) is 17.5 Å². The van der Waals surface area contributed by atoms with E-state index in [1.165, 1.54) is 35.4 Å². The summed E-state index contributed by atoms with van der Waals surface area (Å²) in [5.74, 6) is -0.286. The zero-order chi connectivity index (χ0) is 18.0. The topological polar surface area (TPSA) is 29.5 Å². The largest absolute Gasteiger partial charge is 0.416 e. The predicted molar refractivity (Wildman–Crippen MR) is 89.5 cm³/mol. The summed E-state index contributed by atoms with van der Waals surface area (Å²) < 4.78 is 44.9. The van der Waals surface area contributed by atoms with E-state index in [2.05, 4.69) is 0 Å². The molecule has 1 saturated heterocycles. The van der Waals surface area contributed by atoms with Crippen LogP contribution in [0.4, 0.5) is 13.2 Å². The van der Waals surface area contributed by atoms with Crippen molar-refractivity contribution in [2.75, 3.05) is 13.7 Å². The van der Waals surface area contributed by atoms with E-state index in [4.69, 9.17) is 4.74 Å². The predicted octanol–water partition coefficient (Wildman–Crippen LogP) is 4.89. The lowest BCUT2D eigenvalue weighted by Gasteiger charge is -2.19. The van der Waals surface area contributed by atoms with Crippen molar-refractivity contribution in [2.45, 2.75) is 31.7 Å². The minimum atomic E-state index is -4.43. The average molecular weight is 369 g/mol. The van der Waals surface area contributed by atoms with E-state index >= 15 is 0 Å². The molecule has 1 fully saturated rings. The third-order valence-electron chi connectivity index (χ3n) is 4.16. The number of carbonyl (C=O) groups is 1. The lowest BCUT2D eigenvalue weighted by atomic mass is 10.1. The maximum Gasteiger partial charge on any atom is 0.416 e. The first kappa shape index (κ1) is 17.9. The summed E-state index contributed by atoms with van der Waals surface area (Å²) in [5.41, 5.74) is -0.623. The van der Waals surface area contributed by atoms with Gasteiger partial charge in [0, 0.05) is 25.1 Å². The third kappa shape index (κ3) is 4.04. The Kier molecular flexibility index (Phi) is 5.15. The van der Waals surface area contributed by atoms with Crippen molar-refractivity contribution >= 4 is 17.2 Å². The molecule has 3 rings (SSSR count). The number of ether oxygens (including phenoxy) is 1. The van der Waals surface area contributed by atoms with Crippen LogP contribution >= 0.6 is 11.3 Å². The molecule has 0 bridgehead atoms. The first-order valence-electron chi connectivity index (χ1n) is 7.98. The molecule has 0 spiro atoms. The van der Waals surface area contributed by atoms with Gasteiger partial charge < -0.3 is 9.64 Å². The van der Waals surface area contributed by atoms with Gasteiger partial charge in [0.05, 0.1) is 16.5 Å². The summed E-state index contributed by atoms with van der Waals surface area (Å²) in [6.45, 7) is 0.627. The highest BCUT2D eigenvalue weighted by Gasteiger charge is 2.33. The number of rotatable bonds is 4. The van der Waals surface area contributed by atoms with Crippen molar-refractivity contribution in [1.82, 2.24) is 4.90 Å². The molecule has 3 nitrogen and oxygen atoms in total. The van der Waals surface area contributed by atoms with E-state index in [0.29, 0.717) is 4.88 Å². The van der Waals surface area contributed by atoms with E-state index in [-0.39, 0.29) is 24.1 Å². The van der Waals surface area contributed by atoms with Crippen LogP contribution in [-0.4, -0.2) is 24.5 Å². The van der Waals surface area contributed by atoms with Crippen LogP contribution in [0.2, 0.25) is 0 Å². The summed E-state index contributed by atoms with van der Waals surface area (Å²) in [5, 5.41) is 0. The van der Waals surface area contributed by atoms with E-state index in [0.717, 1.165) is 30.4 Å². The van der Waals surface area contributed by atoms with Crippen LogP contribution in [0.25, 0.3) is 0 Å². The second-order valence-corrected chi connectivity index (χ2v) is 7.14. The van der Waals surface area contributed by atoms with Gasteiger partial charge in [-0.1, -0.05) is 18.2 Å². The van der Waals surface area contributed by atoms with Crippen molar-refractivity contribution in [2.24, 2.45) is 0 Å². The fourth-order valence-electron chi connectivity index (χ4n) is 2.89. The Bertz CT molecular complexity index is 751. The Morgan fingerprint density at radius 1 is 1.28 bits per heavy atom. The molecule has 1 atom stereocenters. The normalized spacial score (nSPS) is 17.7. The molecule has 2 heterocycles. The summed E-state index contributed by atoms with van der Waals surface area (Å²) >= 11 is 1.35. The summed E-state index contributed by atoms with van der Waals surface area (Å²) in [7, 11) is 1.51. The zero-order valence-corrected chi connectivity index (χ0v) is 14.5. The van der Waals surface area contributed by atoms with E-state index < -0.39 is 11.7 Å². The van der Waals surface area contributed by atoms with E-state index in [1.54, 1.807) is 12.1 Å². The van der Waals surface area contributed by atoms with Gasteiger partial charge in [-0.3, -0.25) is 4.79 Å². The maximum absolute atomic E-state index is 13.1. The Hall–Kier alpha value is -1.86. The Labute approximate surface area is 148 Å². The second-order valence-electron chi connectivity index (χ2n) is 6.02. The fraction of sp³-hybridized carbons (Fsp3) is 0.389. The van der Waals surface area contributed by atoms with Crippen molar-refractivity contribution in [3.05, 3.63) is 57.3 Å². The molecule has 0 saturated carbocycles. The Morgan fingerprint density at radius 2 is 2.04 bits per heavy atom. The highest BCUT2D eigenvalue weighted by atomic mass is 32.1. The summed E-state index contributed by atoms with van der Waals surface area (Å²) in [6, 6.07) is 8.92. The molecule has 134 valence electrons. The SMILES string of the molecule is CN(Cc1ccccc1C(F)(F)F)C(=O)c1ccc([C@@H]2CCCO2)s1. The number of nitrogens with zero attached hydrogens (tertiary/aromatic N) is 1. The molecule has 7 heteroatoms. The molecule has 1 amide bonds. The lowest BCUT2D eigenvalue weighted by Crippen LogP contribution is -2.26. The van der Waals surface area contributed by atoms with Gasteiger partial charge in [-0.15, -0.1) is 11.3 Å². The van der Waals surface area contributed by atoms with E-state index in [9.17, 15) is 18.0 Å². The zero-order valence-electron chi connectivity index (χ0n) is 13.7. The fourth-order valence-corrected chi connectivity index (χ4v) is 3.98. The Balaban J connectivity index is 1.73. The van der Waals surface area contributed by atoms with Crippen LogP contribution in [0, 0.1) is 0 Å². The molecule has 1 aromatic heterocycles. The van der Waals surface area contributed by atoms with Crippen LogP contribution in [0.5, 0.6) is 0 Å². The van der Waals surface area contributed by atoms with Gasteiger partial charge in [-0.05, 0) is 36.6 Å². The number of amides is 1. The maximum atomic E-state index is 13.1. The first-order chi connectivity index (χ1) is 11.9. The van der Waals surface area contributed by atoms with Crippen LogP contribution in [0.1, 0.15) is 44.6 Å². The van der Waals surface area contributed by atoms with E-state index in [1.807, 2.05) is 6.07 Å². The van der Waals surface area contributed by atoms with Crippen LogP contribution < -0.4 is 0 Å². The number of alkyl halides is 3. The second kappa shape index (κ2) is 7.17. The van der Waals surface area contributed by atoms with Crippen LogP contribution in [0.15, 0.2) is 36.4 Å². The lowest BCUT2D eigenvalue weighted by molar-refractivity contribution is -0.138. The third-order valence-corrected chi connectivity index (χ3v) is 5.33. The number of benzene rings is 1. The van der Waals surface area contributed by atoms with Gasteiger partial charge in [-0.25, -0.2) is 0 Å². The van der Waals surface area contributed by atoms with Gasteiger partial charge in [0.25, 0.3) is 5.91 Å². The molecular formula is C18H18F3NO2S. The molecular weight excluding hydrogens is 351 g/mol. The van der Waals surface area contributed by atoms with Crippen molar-refractivity contribution < 1.29 is 22.7 Å². The number of hydrogen-bond donors (Lipinski definition) is 0. The Morgan fingerprint density at radius 3 is 2.72 bits per heavy atom. The summed E-state index contributed by atoms with van der Waals surface area (Å²) in [4.78, 5) is 15.4. The van der Waals surface area contributed by atoms with Crippen molar-refractivity contribution in [3.8, 4) is 0 Å². The van der Waals surface area contributed by atoms with Gasteiger partial charge >= 0.3 is 6.18 Å². The molecule has 1 aliphatic heterocycles. The molecule has 25 heavy (non-hydrogen) atoms.